The Bertz CT molecular complexity index is 498. The number of fused-ring (bicyclic) bond motifs is 1. The maximum Gasteiger partial charge on any atom is 0.217 e. The van der Waals surface area contributed by atoms with Crippen LogP contribution in [-0.2, 0) is 14.3 Å². The Balaban J connectivity index is 1.62. The molecule has 21 heavy (non-hydrogen) atoms. The van der Waals surface area contributed by atoms with Gasteiger partial charge in [-0.3, -0.25) is 4.79 Å². The highest BCUT2D eigenvalue weighted by atomic mass is 32.1. The van der Waals surface area contributed by atoms with Gasteiger partial charge in [0.05, 0.1) is 24.9 Å². The molecule has 2 fully saturated rings. The summed E-state index contributed by atoms with van der Waals surface area (Å²) in [6, 6.07) is -0.0501. The number of thiazole rings is 1. The summed E-state index contributed by atoms with van der Waals surface area (Å²) in [6.45, 7) is 8.24. The Hall–Kier alpha value is -1.18. The summed E-state index contributed by atoms with van der Waals surface area (Å²) in [4.78, 5) is 19.2. The van der Waals surface area contributed by atoms with E-state index < -0.39 is 0 Å². The number of hydrogen-bond donors (Lipinski definition) is 1. The minimum absolute atomic E-state index is 0.0466. The Morgan fingerprint density at radius 1 is 1.29 bits per heavy atom. The average Bonchev–Trinajstić information content (AvgIpc) is 2.92. The van der Waals surface area contributed by atoms with Crippen LogP contribution < -0.4 is 10.2 Å². The van der Waals surface area contributed by atoms with Crippen LogP contribution in [0.15, 0.2) is 0 Å². The van der Waals surface area contributed by atoms with Gasteiger partial charge < -0.3 is 19.7 Å². The van der Waals surface area contributed by atoms with Gasteiger partial charge in [0.15, 0.2) is 5.13 Å². The number of aryl methyl sites for hydroxylation is 2. The van der Waals surface area contributed by atoms with Gasteiger partial charge in [-0.2, -0.15) is 0 Å². The number of rotatable bonds is 2. The van der Waals surface area contributed by atoms with Gasteiger partial charge in [-0.05, 0) is 13.8 Å². The Morgan fingerprint density at radius 2 is 1.90 bits per heavy atom. The molecule has 0 unspecified atom stereocenters. The third-order valence-corrected chi connectivity index (χ3v) is 5.07. The Kier molecular flexibility index (Phi) is 4.14. The number of hydrogen-bond acceptors (Lipinski definition) is 6. The van der Waals surface area contributed by atoms with Gasteiger partial charge in [0.1, 0.15) is 12.2 Å². The lowest BCUT2D eigenvalue weighted by Crippen LogP contribution is -2.40. The third kappa shape index (κ3) is 3.20. The Morgan fingerprint density at radius 3 is 2.38 bits per heavy atom. The van der Waals surface area contributed by atoms with E-state index in [1.165, 1.54) is 11.8 Å². The molecule has 2 saturated heterocycles. The fourth-order valence-corrected chi connectivity index (χ4v) is 3.64. The first-order valence-electron chi connectivity index (χ1n) is 7.22. The number of anilines is 1. The van der Waals surface area contributed by atoms with Gasteiger partial charge in [-0.1, -0.05) is 0 Å². The van der Waals surface area contributed by atoms with E-state index in [-0.39, 0.29) is 24.2 Å². The highest BCUT2D eigenvalue weighted by molar-refractivity contribution is 7.15. The van der Waals surface area contributed by atoms with Crippen LogP contribution in [0.5, 0.6) is 0 Å². The summed E-state index contributed by atoms with van der Waals surface area (Å²) < 4.78 is 11.8. The molecule has 0 aliphatic carbocycles. The molecule has 0 saturated carbocycles. The molecule has 7 heteroatoms. The van der Waals surface area contributed by atoms with Crippen molar-refractivity contribution >= 4 is 22.4 Å². The second-order valence-corrected chi connectivity index (χ2v) is 6.87. The highest BCUT2D eigenvalue weighted by Crippen LogP contribution is 2.30. The number of amides is 1. The van der Waals surface area contributed by atoms with Crippen LogP contribution >= 0.6 is 11.3 Å². The van der Waals surface area contributed by atoms with Gasteiger partial charge in [0.25, 0.3) is 0 Å². The van der Waals surface area contributed by atoms with E-state index >= 15 is 0 Å². The van der Waals surface area contributed by atoms with E-state index in [0.717, 1.165) is 23.9 Å². The van der Waals surface area contributed by atoms with E-state index in [1.807, 2.05) is 6.92 Å². The average molecular weight is 311 g/mol. The summed E-state index contributed by atoms with van der Waals surface area (Å²) in [6.07, 6.45) is 0.0986. The number of ether oxygens (including phenoxy) is 2. The monoisotopic (exact) mass is 311 g/mol. The molecule has 0 spiro atoms. The quantitative estimate of drug-likeness (QED) is 0.878. The molecule has 3 rings (SSSR count). The summed E-state index contributed by atoms with van der Waals surface area (Å²) >= 11 is 1.72. The molecule has 1 amide bonds. The van der Waals surface area contributed by atoms with Crippen LogP contribution in [0.2, 0.25) is 0 Å². The summed E-state index contributed by atoms with van der Waals surface area (Å²) in [5.74, 6) is -0.0466. The van der Waals surface area contributed by atoms with Crippen LogP contribution in [0.4, 0.5) is 5.13 Å². The lowest BCUT2D eigenvalue weighted by atomic mass is 10.3. The molecule has 6 nitrogen and oxygen atoms in total. The molecule has 1 N–H and O–H groups in total. The number of carbonyl (C=O) groups excluding carboxylic acids is 1. The molecule has 0 bridgehead atoms. The first-order chi connectivity index (χ1) is 10.0. The molecule has 0 radical (unpaired) electrons. The van der Waals surface area contributed by atoms with Crippen molar-refractivity contribution in [2.75, 3.05) is 31.2 Å². The van der Waals surface area contributed by atoms with Gasteiger partial charge >= 0.3 is 0 Å². The molecular weight excluding hydrogens is 290 g/mol. The largest absolute Gasteiger partial charge is 0.371 e. The zero-order valence-electron chi connectivity index (χ0n) is 12.6. The zero-order chi connectivity index (χ0) is 15.0. The first-order valence-corrected chi connectivity index (χ1v) is 8.04. The normalized spacial score (nSPS) is 26.5. The van der Waals surface area contributed by atoms with Crippen molar-refractivity contribution in [2.45, 2.75) is 39.0 Å². The van der Waals surface area contributed by atoms with Crippen molar-refractivity contribution < 1.29 is 14.3 Å². The standard InChI is InChI=1S/C14H21N3O3S/c1-8-9(2)21-14(15-8)17-4-12-13(5-17)20-7-11(6-19-12)16-10(3)18/h11-13H,4-7H2,1-3H3,(H,16,18)/t12-,13-/m0/s1. The SMILES string of the molecule is CC(=O)NC1CO[C@H]2CN(c3nc(C)c(C)s3)C[C@@H]2OC1. The smallest absolute Gasteiger partial charge is 0.217 e. The first kappa shape index (κ1) is 14.7. The predicted octanol–water partition coefficient (Wildman–Crippen LogP) is 0.869. The van der Waals surface area contributed by atoms with E-state index in [9.17, 15) is 4.79 Å². The molecule has 1 aromatic heterocycles. The number of carbonyl (C=O) groups is 1. The molecule has 0 aromatic carbocycles. The van der Waals surface area contributed by atoms with Crippen LogP contribution in [0, 0.1) is 13.8 Å². The second-order valence-electron chi connectivity index (χ2n) is 5.68. The Labute approximate surface area is 128 Å². The van der Waals surface area contributed by atoms with Crippen LogP contribution in [0.25, 0.3) is 0 Å². The van der Waals surface area contributed by atoms with Gasteiger partial charge in [-0.25, -0.2) is 4.98 Å². The van der Waals surface area contributed by atoms with Gasteiger partial charge in [0.2, 0.25) is 5.91 Å². The summed E-state index contributed by atoms with van der Waals surface area (Å²) in [7, 11) is 0. The fourth-order valence-electron chi connectivity index (χ4n) is 2.71. The second kappa shape index (κ2) is 5.90. The minimum Gasteiger partial charge on any atom is -0.371 e. The molecule has 3 heterocycles. The molecular formula is C14H21N3O3S. The van der Waals surface area contributed by atoms with E-state index in [4.69, 9.17) is 9.47 Å². The van der Waals surface area contributed by atoms with Crippen LogP contribution in [-0.4, -0.2) is 55.4 Å². The number of nitrogens with zero attached hydrogens (tertiary/aromatic N) is 2. The third-order valence-electron chi connectivity index (χ3n) is 3.93. The van der Waals surface area contributed by atoms with E-state index in [1.54, 1.807) is 11.3 Å². The maximum atomic E-state index is 11.1. The van der Waals surface area contributed by atoms with Crippen molar-refractivity contribution in [1.82, 2.24) is 10.3 Å². The topological polar surface area (TPSA) is 63.7 Å². The number of nitrogens with one attached hydrogen (secondary N) is 1. The van der Waals surface area contributed by atoms with Crippen molar-refractivity contribution in [3.8, 4) is 0 Å². The predicted molar refractivity (Wildman–Crippen MR) is 80.9 cm³/mol. The van der Waals surface area contributed by atoms with Gasteiger partial charge in [-0.15, -0.1) is 11.3 Å². The molecule has 2 aliphatic heterocycles. The van der Waals surface area contributed by atoms with E-state index in [0.29, 0.717) is 13.2 Å². The molecule has 2 aliphatic rings. The summed E-state index contributed by atoms with van der Waals surface area (Å²) in [5, 5.41) is 3.90. The van der Waals surface area contributed by atoms with Crippen molar-refractivity contribution in [3.05, 3.63) is 10.6 Å². The summed E-state index contributed by atoms with van der Waals surface area (Å²) in [5.41, 5.74) is 1.09. The van der Waals surface area contributed by atoms with Crippen molar-refractivity contribution in [3.63, 3.8) is 0 Å². The highest BCUT2D eigenvalue weighted by Gasteiger charge is 2.38. The van der Waals surface area contributed by atoms with Crippen molar-refractivity contribution in [1.29, 1.82) is 0 Å². The molecule has 2 atom stereocenters. The molecule has 116 valence electrons. The minimum atomic E-state index is -0.0501. The number of aromatic nitrogens is 1. The molecule has 1 aromatic rings. The lowest BCUT2D eigenvalue weighted by Gasteiger charge is -2.18. The lowest BCUT2D eigenvalue weighted by molar-refractivity contribution is -0.120. The van der Waals surface area contributed by atoms with Gasteiger partial charge in [0, 0.05) is 24.9 Å². The fraction of sp³-hybridized carbons (Fsp3) is 0.714. The van der Waals surface area contributed by atoms with Crippen LogP contribution in [0.1, 0.15) is 17.5 Å². The zero-order valence-corrected chi connectivity index (χ0v) is 13.4. The van der Waals surface area contributed by atoms with Crippen molar-refractivity contribution in [2.24, 2.45) is 0 Å². The van der Waals surface area contributed by atoms with E-state index in [2.05, 4.69) is 22.1 Å². The maximum absolute atomic E-state index is 11.1. The van der Waals surface area contributed by atoms with Crippen LogP contribution in [0.3, 0.4) is 0 Å².